The van der Waals surface area contributed by atoms with Gasteiger partial charge in [0.15, 0.2) is 5.82 Å². The summed E-state index contributed by atoms with van der Waals surface area (Å²) in [7, 11) is 0. The molecule has 7 heteroatoms. The van der Waals surface area contributed by atoms with Crippen LogP contribution in [0.5, 0.6) is 0 Å². The molecule has 0 saturated heterocycles. The van der Waals surface area contributed by atoms with E-state index in [4.69, 9.17) is 9.63 Å². The van der Waals surface area contributed by atoms with Crippen LogP contribution in [-0.4, -0.2) is 30.2 Å². The Morgan fingerprint density at radius 1 is 1.53 bits per heavy atom. The van der Waals surface area contributed by atoms with Crippen LogP contribution in [0.15, 0.2) is 10.7 Å². The van der Waals surface area contributed by atoms with Crippen molar-refractivity contribution in [1.29, 1.82) is 0 Å². The Balaban J connectivity index is 2.07. The fourth-order valence-corrected chi connectivity index (χ4v) is 1.13. The van der Waals surface area contributed by atoms with Crippen LogP contribution in [0.1, 0.15) is 24.3 Å². The van der Waals surface area contributed by atoms with Gasteiger partial charge < -0.3 is 9.63 Å². The monoisotopic (exact) mass is 209 g/mol. The first-order valence-corrected chi connectivity index (χ1v) is 4.63. The first kappa shape index (κ1) is 9.78. The standard InChI is InChI=1S/C8H11N5O2/c1-2-8-9-7(11-15-8)4-13-3-6(5-14)10-12-13/h3,14H,2,4-5H2,1H3. The highest BCUT2D eigenvalue weighted by atomic mass is 16.5. The van der Waals surface area contributed by atoms with E-state index in [-0.39, 0.29) is 6.61 Å². The Hall–Kier alpha value is -1.76. The third kappa shape index (κ3) is 2.18. The summed E-state index contributed by atoms with van der Waals surface area (Å²) in [5.41, 5.74) is 0.522. The number of aromatic nitrogens is 5. The molecule has 0 spiro atoms. The molecule has 2 rings (SSSR count). The van der Waals surface area contributed by atoms with Crippen LogP contribution >= 0.6 is 0 Å². The van der Waals surface area contributed by atoms with Gasteiger partial charge in [-0.1, -0.05) is 17.3 Å². The number of aryl methyl sites for hydroxylation is 1. The minimum atomic E-state index is -0.119. The van der Waals surface area contributed by atoms with Crippen LogP contribution in [0.4, 0.5) is 0 Å². The lowest BCUT2D eigenvalue weighted by Gasteiger charge is -1.91. The van der Waals surface area contributed by atoms with Crippen LogP contribution in [-0.2, 0) is 19.6 Å². The van der Waals surface area contributed by atoms with Crippen LogP contribution in [0.2, 0.25) is 0 Å². The number of aliphatic hydroxyl groups excluding tert-OH is 1. The van der Waals surface area contributed by atoms with Crippen LogP contribution in [0, 0.1) is 0 Å². The number of nitrogens with zero attached hydrogens (tertiary/aromatic N) is 5. The van der Waals surface area contributed by atoms with Gasteiger partial charge in [0.25, 0.3) is 0 Å². The van der Waals surface area contributed by atoms with Crippen LogP contribution < -0.4 is 0 Å². The lowest BCUT2D eigenvalue weighted by Crippen LogP contribution is -2.02. The molecule has 0 fully saturated rings. The topological polar surface area (TPSA) is 89.9 Å². The van der Waals surface area contributed by atoms with E-state index in [2.05, 4.69) is 20.5 Å². The molecule has 0 aliphatic heterocycles. The fraction of sp³-hybridized carbons (Fsp3) is 0.500. The van der Waals surface area contributed by atoms with Crippen molar-refractivity contribution in [2.45, 2.75) is 26.5 Å². The smallest absolute Gasteiger partial charge is 0.226 e. The lowest BCUT2D eigenvalue weighted by molar-refractivity contribution is 0.276. The predicted octanol–water partition coefficient (Wildman–Crippen LogP) is -0.236. The van der Waals surface area contributed by atoms with Crippen LogP contribution in [0.3, 0.4) is 0 Å². The molecule has 2 aromatic rings. The third-order valence-corrected chi connectivity index (χ3v) is 1.86. The Morgan fingerprint density at radius 2 is 2.40 bits per heavy atom. The van der Waals surface area contributed by atoms with Gasteiger partial charge in [-0.25, -0.2) is 4.68 Å². The summed E-state index contributed by atoms with van der Waals surface area (Å²) in [6.45, 7) is 2.22. The van der Waals surface area contributed by atoms with Crippen molar-refractivity contribution in [3.63, 3.8) is 0 Å². The molecular formula is C8H11N5O2. The van der Waals surface area contributed by atoms with E-state index in [0.717, 1.165) is 0 Å². The summed E-state index contributed by atoms with van der Waals surface area (Å²) >= 11 is 0. The van der Waals surface area contributed by atoms with Crippen molar-refractivity contribution < 1.29 is 9.63 Å². The summed E-state index contributed by atoms with van der Waals surface area (Å²) in [5, 5.41) is 20.1. The van der Waals surface area contributed by atoms with Gasteiger partial charge in [0, 0.05) is 6.42 Å². The van der Waals surface area contributed by atoms with Crippen molar-refractivity contribution in [1.82, 2.24) is 25.1 Å². The average molecular weight is 209 g/mol. The van der Waals surface area contributed by atoms with Gasteiger partial charge in [-0.15, -0.1) is 5.10 Å². The van der Waals surface area contributed by atoms with E-state index in [9.17, 15) is 0 Å². The number of hydrogen-bond acceptors (Lipinski definition) is 6. The molecule has 0 bridgehead atoms. The molecule has 0 aliphatic carbocycles. The van der Waals surface area contributed by atoms with Gasteiger partial charge >= 0.3 is 0 Å². The summed E-state index contributed by atoms with van der Waals surface area (Å²) < 4.78 is 6.50. The second kappa shape index (κ2) is 4.18. The molecule has 0 unspecified atom stereocenters. The minimum absolute atomic E-state index is 0.119. The SMILES string of the molecule is CCc1nc(Cn2cc(CO)nn2)no1. The summed E-state index contributed by atoms with van der Waals surface area (Å²) in [5.74, 6) is 1.16. The summed E-state index contributed by atoms with van der Waals surface area (Å²) in [4.78, 5) is 4.13. The Bertz CT molecular complexity index is 395. The quantitative estimate of drug-likeness (QED) is 0.747. The molecule has 7 nitrogen and oxygen atoms in total. The maximum atomic E-state index is 8.79. The van der Waals surface area contributed by atoms with Crippen LogP contribution in [0.25, 0.3) is 0 Å². The highest BCUT2D eigenvalue weighted by Gasteiger charge is 2.06. The molecule has 2 aromatic heterocycles. The van der Waals surface area contributed by atoms with Gasteiger partial charge in [-0.05, 0) is 0 Å². The maximum Gasteiger partial charge on any atom is 0.226 e. The van der Waals surface area contributed by atoms with E-state index in [1.165, 1.54) is 0 Å². The van der Waals surface area contributed by atoms with Crippen molar-refractivity contribution in [3.8, 4) is 0 Å². The zero-order chi connectivity index (χ0) is 10.7. The highest BCUT2D eigenvalue weighted by molar-refractivity contribution is 4.92. The number of rotatable bonds is 4. The second-order valence-corrected chi connectivity index (χ2v) is 3.02. The molecule has 80 valence electrons. The lowest BCUT2D eigenvalue weighted by atomic mass is 10.5. The zero-order valence-corrected chi connectivity index (χ0v) is 8.29. The molecule has 0 radical (unpaired) electrons. The normalized spacial score (nSPS) is 10.8. The van der Waals surface area contributed by atoms with Gasteiger partial charge in [0.1, 0.15) is 12.2 Å². The van der Waals surface area contributed by atoms with Gasteiger partial charge in [-0.3, -0.25) is 0 Å². The van der Waals surface area contributed by atoms with E-state index < -0.39 is 0 Å². The van der Waals surface area contributed by atoms with Crippen molar-refractivity contribution >= 4 is 0 Å². The summed E-state index contributed by atoms with van der Waals surface area (Å²) in [6.07, 6.45) is 2.36. The van der Waals surface area contributed by atoms with E-state index >= 15 is 0 Å². The number of hydrogen-bond donors (Lipinski definition) is 1. The van der Waals surface area contributed by atoms with Gasteiger partial charge in [-0.2, -0.15) is 4.98 Å². The average Bonchev–Trinajstić information content (AvgIpc) is 2.87. The molecule has 0 atom stereocenters. The Kier molecular flexibility index (Phi) is 2.72. The largest absolute Gasteiger partial charge is 0.390 e. The maximum absolute atomic E-state index is 8.79. The molecule has 15 heavy (non-hydrogen) atoms. The van der Waals surface area contributed by atoms with Crippen molar-refractivity contribution in [2.24, 2.45) is 0 Å². The van der Waals surface area contributed by atoms with E-state index in [0.29, 0.717) is 30.4 Å². The first-order valence-electron chi connectivity index (χ1n) is 4.63. The summed E-state index contributed by atoms with van der Waals surface area (Å²) in [6, 6.07) is 0. The minimum Gasteiger partial charge on any atom is -0.390 e. The molecular weight excluding hydrogens is 198 g/mol. The highest BCUT2D eigenvalue weighted by Crippen LogP contribution is 2.00. The third-order valence-electron chi connectivity index (χ3n) is 1.86. The van der Waals surface area contributed by atoms with Crippen molar-refractivity contribution in [2.75, 3.05) is 0 Å². The molecule has 0 amide bonds. The zero-order valence-electron chi connectivity index (χ0n) is 8.29. The Morgan fingerprint density at radius 3 is 3.00 bits per heavy atom. The fourth-order valence-electron chi connectivity index (χ4n) is 1.13. The second-order valence-electron chi connectivity index (χ2n) is 3.02. The predicted molar refractivity (Wildman–Crippen MR) is 48.7 cm³/mol. The van der Waals surface area contributed by atoms with Crippen molar-refractivity contribution in [3.05, 3.63) is 23.6 Å². The first-order chi connectivity index (χ1) is 7.31. The molecule has 2 heterocycles. The Labute approximate surface area is 85.7 Å². The van der Waals surface area contributed by atoms with Gasteiger partial charge in [0.2, 0.25) is 5.89 Å². The molecule has 1 N–H and O–H groups in total. The van der Waals surface area contributed by atoms with E-state index in [1.54, 1.807) is 10.9 Å². The molecule has 0 saturated carbocycles. The van der Waals surface area contributed by atoms with E-state index in [1.807, 2.05) is 6.92 Å². The van der Waals surface area contributed by atoms with Gasteiger partial charge in [0.05, 0.1) is 12.8 Å². The molecule has 0 aromatic carbocycles. The molecule has 0 aliphatic rings. The number of aliphatic hydroxyl groups is 1.